The number of ether oxygens (including phenoxy) is 1. The molecule has 0 spiro atoms. The van der Waals surface area contributed by atoms with Crippen LogP contribution in [0.25, 0.3) is 0 Å². The zero-order valence-corrected chi connectivity index (χ0v) is 10.8. The Kier molecular flexibility index (Phi) is 4.21. The average molecular weight is 271 g/mol. The maximum atomic E-state index is 11.6. The lowest BCUT2D eigenvalue weighted by atomic mass is 9.98. The molecule has 0 bridgehead atoms. The molecule has 0 atom stereocenters. The summed E-state index contributed by atoms with van der Waals surface area (Å²) in [7, 11) is -3.90. The van der Waals surface area contributed by atoms with Crippen molar-refractivity contribution < 1.29 is 18.4 Å². The first kappa shape index (κ1) is 13.3. The fraction of sp³-hybridized carbons (Fsp3) is 0.500. The molecule has 100 valence electrons. The van der Waals surface area contributed by atoms with Crippen LogP contribution in [0.3, 0.4) is 0 Å². The van der Waals surface area contributed by atoms with Gasteiger partial charge in [0.05, 0.1) is 6.10 Å². The van der Waals surface area contributed by atoms with Crippen molar-refractivity contribution in [2.75, 3.05) is 0 Å². The largest absolute Gasteiger partial charge is 0.489 e. The standard InChI is InChI=1S/C12H17NO4S/c14-13-18(15,16)12-9-5-4-8-11(12)17-10-6-2-1-3-7-10/h4-5,8-10,13-14H,1-3,6-7H2. The Balaban J connectivity index is 2.22. The van der Waals surface area contributed by atoms with Crippen LogP contribution in [-0.2, 0) is 10.0 Å². The molecule has 1 saturated carbocycles. The highest BCUT2D eigenvalue weighted by molar-refractivity contribution is 7.89. The summed E-state index contributed by atoms with van der Waals surface area (Å²) in [6, 6.07) is 6.34. The second-order valence-corrected chi connectivity index (χ2v) is 6.05. The van der Waals surface area contributed by atoms with Crippen LogP contribution in [0.4, 0.5) is 0 Å². The summed E-state index contributed by atoms with van der Waals surface area (Å²) in [6.07, 6.45) is 5.38. The highest BCUT2D eigenvalue weighted by atomic mass is 32.2. The van der Waals surface area contributed by atoms with Crippen molar-refractivity contribution in [3.8, 4) is 5.75 Å². The minimum atomic E-state index is -3.90. The molecule has 5 nitrogen and oxygen atoms in total. The number of hydrogen-bond donors (Lipinski definition) is 2. The maximum absolute atomic E-state index is 11.6. The number of nitrogens with one attached hydrogen (secondary N) is 1. The van der Waals surface area contributed by atoms with Gasteiger partial charge in [0, 0.05) is 0 Å². The van der Waals surface area contributed by atoms with E-state index in [4.69, 9.17) is 9.94 Å². The predicted molar refractivity (Wildman–Crippen MR) is 66.1 cm³/mol. The van der Waals surface area contributed by atoms with E-state index >= 15 is 0 Å². The molecule has 0 heterocycles. The maximum Gasteiger partial charge on any atom is 0.265 e. The van der Waals surface area contributed by atoms with Gasteiger partial charge in [0.1, 0.15) is 10.6 Å². The summed E-state index contributed by atoms with van der Waals surface area (Å²) < 4.78 is 29.0. The Hall–Kier alpha value is -1.11. The van der Waals surface area contributed by atoms with E-state index in [-0.39, 0.29) is 11.0 Å². The average Bonchev–Trinajstić information content (AvgIpc) is 2.40. The second kappa shape index (κ2) is 5.69. The molecule has 1 fully saturated rings. The molecule has 6 heteroatoms. The lowest BCUT2D eigenvalue weighted by Gasteiger charge is -2.24. The van der Waals surface area contributed by atoms with Gasteiger partial charge in [0.25, 0.3) is 10.0 Å². The number of hydrogen-bond acceptors (Lipinski definition) is 4. The van der Waals surface area contributed by atoms with Crippen molar-refractivity contribution in [3.05, 3.63) is 24.3 Å². The van der Waals surface area contributed by atoms with Crippen molar-refractivity contribution >= 4 is 10.0 Å². The minimum Gasteiger partial charge on any atom is -0.489 e. The van der Waals surface area contributed by atoms with Gasteiger partial charge in [-0.25, -0.2) is 8.42 Å². The number of rotatable bonds is 4. The van der Waals surface area contributed by atoms with Gasteiger partial charge >= 0.3 is 0 Å². The van der Waals surface area contributed by atoms with Gasteiger partial charge in [0.2, 0.25) is 0 Å². The quantitative estimate of drug-likeness (QED) is 0.822. The number of sulfonamides is 1. The molecule has 0 saturated heterocycles. The monoisotopic (exact) mass is 271 g/mol. The summed E-state index contributed by atoms with van der Waals surface area (Å²) in [4.78, 5) is 1.30. The van der Waals surface area contributed by atoms with Gasteiger partial charge in [-0.05, 0) is 37.8 Å². The van der Waals surface area contributed by atoms with Crippen LogP contribution in [0.5, 0.6) is 5.75 Å². The van der Waals surface area contributed by atoms with Gasteiger partial charge in [0.15, 0.2) is 0 Å². The molecule has 0 aromatic heterocycles. The van der Waals surface area contributed by atoms with E-state index in [1.54, 1.807) is 18.2 Å². The van der Waals surface area contributed by atoms with E-state index in [0.29, 0.717) is 5.75 Å². The Morgan fingerprint density at radius 3 is 2.50 bits per heavy atom. The molecule has 1 aliphatic carbocycles. The zero-order chi connectivity index (χ0) is 13.0. The summed E-state index contributed by atoms with van der Waals surface area (Å²) in [5.41, 5.74) is 0. The van der Waals surface area contributed by atoms with E-state index in [1.807, 2.05) is 0 Å². The molecule has 1 aromatic carbocycles. The molecule has 1 aromatic rings. The van der Waals surface area contributed by atoms with Gasteiger partial charge in [-0.15, -0.1) is 0 Å². The van der Waals surface area contributed by atoms with E-state index in [1.165, 1.54) is 17.4 Å². The molecule has 18 heavy (non-hydrogen) atoms. The Morgan fingerprint density at radius 1 is 1.17 bits per heavy atom. The van der Waals surface area contributed by atoms with E-state index in [0.717, 1.165) is 25.7 Å². The Bertz CT molecular complexity index is 495. The third-order valence-electron chi connectivity index (χ3n) is 3.10. The van der Waals surface area contributed by atoms with Crippen LogP contribution in [0, 0.1) is 0 Å². The number of para-hydroxylation sites is 1. The van der Waals surface area contributed by atoms with Gasteiger partial charge in [-0.1, -0.05) is 23.4 Å². The summed E-state index contributed by atoms with van der Waals surface area (Å²) in [5, 5.41) is 8.68. The molecule has 0 aliphatic heterocycles. The van der Waals surface area contributed by atoms with Crippen molar-refractivity contribution in [2.24, 2.45) is 0 Å². The summed E-state index contributed by atoms with van der Waals surface area (Å²) in [5.74, 6) is 0.297. The van der Waals surface area contributed by atoms with Crippen molar-refractivity contribution in [1.82, 2.24) is 4.89 Å². The third-order valence-corrected chi connectivity index (χ3v) is 4.26. The van der Waals surface area contributed by atoms with E-state index in [9.17, 15) is 8.42 Å². The minimum absolute atomic E-state index is 0.0296. The SMILES string of the molecule is O=S(=O)(NO)c1ccccc1OC1CCCCC1. The lowest BCUT2D eigenvalue weighted by Crippen LogP contribution is -2.23. The van der Waals surface area contributed by atoms with Crippen LogP contribution in [0.2, 0.25) is 0 Å². The van der Waals surface area contributed by atoms with Gasteiger partial charge in [-0.3, -0.25) is 0 Å². The summed E-state index contributed by atoms with van der Waals surface area (Å²) >= 11 is 0. The molecule has 0 amide bonds. The normalized spacial score (nSPS) is 17.6. The lowest BCUT2D eigenvalue weighted by molar-refractivity contribution is 0.150. The molecule has 0 radical (unpaired) electrons. The third kappa shape index (κ3) is 3.01. The molecule has 2 N–H and O–H groups in total. The van der Waals surface area contributed by atoms with Crippen molar-refractivity contribution in [3.63, 3.8) is 0 Å². The predicted octanol–water partition coefficient (Wildman–Crippen LogP) is 2.07. The molecule has 2 rings (SSSR count). The van der Waals surface area contributed by atoms with Crippen molar-refractivity contribution in [1.29, 1.82) is 0 Å². The van der Waals surface area contributed by atoms with E-state index in [2.05, 4.69) is 0 Å². The number of benzene rings is 1. The van der Waals surface area contributed by atoms with E-state index < -0.39 is 10.0 Å². The first-order valence-corrected chi connectivity index (χ1v) is 7.53. The van der Waals surface area contributed by atoms with Crippen LogP contribution in [0.1, 0.15) is 32.1 Å². The first-order chi connectivity index (χ1) is 8.63. The van der Waals surface area contributed by atoms with Gasteiger partial charge in [-0.2, -0.15) is 0 Å². The zero-order valence-electron chi connectivity index (χ0n) is 10.0. The summed E-state index contributed by atoms with van der Waals surface area (Å²) in [6.45, 7) is 0. The highest BCUT2D eigenvalue weighted by Crippen LogP contribution is 2.28. The van der Waals surface area contributed by atoms with Crippen LogP contribution in [0.15, 0.2) is 29.2 Å². The second-order valence-electron chi connectivity index (χ2n) is 4.42. The highest BCUT2D eigenvalue weighted by Gasteiger charge is 2.21. The Morgan fingerprint density at radius 2 is 1.83 bits per heavy atom. The molecular formula is C12H17NO4S. The fourth-order valence-corrected chi connectivity index (χ4v) is 2.92. The van der Waals surface area contributed by atoms with Crippen LogP contribution < -0.4 is 9.62 Å². The van der Waals surface area contributed by atoms with Crippen molar-refractivity contribution in [2.45, 2.75) is 43.1 Å². The van der Waals surface area contributed by atoms with Crippen LogP contribution in [-0.4, -0.2) is 19.7 Å². The molecule has 0 unspecified atom stereocenters. The Labute approximate surface area is 107 Å². The molecular weight excluding hydrogens is 254 g/mol. The molecule has 1 aliphatic rings. The first-order valence-electron chi connectivity index (χ1n) is 6.05. The van der Waals surface area contributed by atoms with Gasteiger partial charge < -0.3 is 9.94 Å². The van der Waals surface area contributed by atoms with Crippen LogP contribution >= 0.6 is 0 Å². The smallest absolute Gasteiger partial charge is 0.265 e. The fourth-order valence-electron chi connectivity index (χ4n) is 2.18. The topological polar surface area (TPSA) is 75.6 Å².